The molecule has 2 heterocycles. The summed E-state index contributed by atoms with van der Waals surface area (Å²) in [5.74, 6) is -0.171. The second-order valence-electron chi connectivity index (χ2n) is 7.06. The van der Waals surface area contributed by atoms with E-state index < -0.39 is 0 Å². The summed E-state index contributed by atoms with van der Waals surface area (Å²) >= 11 is 0. The van der Waals surface area contributed by atoms with Gasteiger partial charge in [-0.3, -0.25) is 9.59 Å². The highest BCUT2D eigenvalue weighted by Gasteiger charge is 2.29. The van der Waals surface area contributed by atoms with Crippen molar-refractivity contribution in [3.63, 3.8) is 0 Å². The summed E-state index contributed by atoms with van der Waals surface area (Å²) in [6, 6.07) is 19.6. The van der Waals surface area contributed by atoms with Crippen molar-refractivity contribution in [1.29, 1.82) is 0 Å². The molecule has 4 rings (SSSR count). The van der Waals surface area contributed by atoms with Crippen LogP contribution in [0.4, 0.5) is 0 Å². The molecular formula is C22H23N3O2. The van der Waals surface area contributed by atoms with Crippen LogP contribution in [0, 0.1) is 5.92 Å². The van der Waals surface area contributed by atoms with Gasteiger partial charge in [0.25, 0.3) is 5.91 Å². The number of rotatable bonds is 4. The summed E-state index contributed by atoms with van der Waals surface area (Å²) < 4.78 is 0. The first kappa shape index (κ1) is 17.3. The molecule has 0 radical (unpaired) electrons. The van der Waals surface area contributed by atoms with E-state index >= 15 is 0 Å². The van der Waals surface area contributed by atoms with Crippen LogP contribution in [0.1, 0.15) is 28.9 Å². The first-order valence-electron chi connectivity index (χ1n) is 9.39. The van der Waals surface area contributed by atoms with Gasteiger partial charge in [0.05, 0.1) is 5.92 Å². The Morgan fingerprint density at radius 1 is 1.07 bits per heavy atom. The molecule has 1 saturated heterocycles. The van der Waals surface area contributed by atoms with Crippen LogP contribution >= 0.6 is 0 Å². The minimum atomic E-state index is -0.157. The van der Waals surface area contributed by atoms with Gasteiger partial charge < -0.3 is 15.2 Å². The molecule has 0 bridgehead atoms. The SMILES string of the molecule is O=C(NCc1ccccc1)[C@H]1CCCN(C(=O)c2cc3ccccc3[nH]2)C1. The fourth-order valence-electron chi connectivity index (χ4n) is 3.66. The van der Waals surface area contributed by atoms with Crippen molar-refractivity contribution < 1.29 is 9.59 Å². The zero-order valence-corrected chi connectivity index (χ0v) is 15.2. The van der Waals surface area contributed by atoms with E-state index in [0.717, 1.165) is 29.3 Å². The molecule has 138 valence electrons. The van der Waals surface area contributed by atoms with Crippen LogP contribution < -0.4 is 5.32 Å². The molecule has 27 heavy (non-hydrogen) atoms. The number of aromatic amines is 1. The summed E-state index contributed by atoms with van der Waals surface area (Å²) in [5.41, 5.74) is 2.62. The Kier molecular flexibility index (Phi) is 4.92. The molecular weight excluding hydrogens is 338 g/mol. The molecule has 0 unspecified atom stereocenters. The Morgan fingerprint density at radius 3 is 2.67 bits per heavy atom. The highest BCUT2D eigenvalue weighted by Crippen LogP contribution is 2.21. The molecule has 1 fully saturated rings. The Labute approximate surface area is 158 Å². The van der Waals surface area contributed by atoms with E-state index in [0.29, 0.717) is 25.3 Å². The highest BCUT2D eigenvalue weighted by atomic mass is 16.2. The number of carbonyl (C=O) groups excluding carboxylic acids is 2. The molecule has 1 aliphatic rings. The number of nitrogens with zero attached hydrogens (tertiary/aromatic N) is 1. The number of nitrogens with one attached hydrogen (secondary N) is 2. The van der Waals surface area contributed by atoms with E-state index in [1.807, 2.05) is 60.7 Å². The van der Waals surface area contributed by atoms with Gasteiger partial charge in [0.2, 0.25) is 5.91 Å². The number of fused-ring (bicyclic) bond motifs is 1. The topological polar surface area (TPSA) is 65.2 Å². The van der Waals surface area contributed by atoms with Crippen LogP contribution in [-0.4, -0.2) is 34.8 Å². The van der Waals surface area contributed by atoms with Gasteiger partial charge in [-0.05, 0) is 30.5 Å². The van der Waals surface area contributed by atoms with Gasteiger partial charge in [0.1, 0.15) is 5.69 Å². The van der Waals surface area contributed by atoms with Crippen molar-refractivity contribution in [1.82, 2.24) is 15.2 Å². The first-order chi connectivity index (χ1) is 13.2. The minimum absolute atomic E-state index is 0.0213. The number of hydrogen-bond donors (Lipinski definition) is 2. The Bertz CT molecular complexity index is 915. The molecule has 2 aromatic carbocycles. The summed E-state index contributed by atoms with van der Waals surface area (Å²) in [6.45, 7) is 1.68. The van der Waals surface area contributed by atoms with Crippen LogP contribution in [0.3, 0.4) is 0 Å². The molecule has 5 nitrogen and oxygen atoms in total. The van der Waals surface area contributed by atoms with Crippen molar-refractivity contribution in [3.05, 3.63) is 71.9 Å². The van der Waals surface area contributed by atoms with E-state index in [2.05, 4.69) is 10.3 Å². The van der Waals surface area contributed by atoms with Crippen molar-refractivity contribution >= 4 is 22.7 Å². The van der Waals surface area contributed by atoms with Crippen LogP contribution in [-0.2, 0) is 11.3 Å². The van der Waals surface area contributed by atoms with E-state index in [4.69, 9.17) is 0 Å². The average molecular weight is 361 g/mol. The van der Waals surface area contributed by atoms with Gasteiger partial charge in [0, 0.05) is 30.5 Å². The number of para-hydroxylation sites is 1. The lowest BCUT2D eigenvalue weighted by Gasteiger charge is -2.31. The number of carbonyl (C=O) groups is 2. The zero-order chi connectivity index (χ0) is 18.6. The van der Waals surface area contributed by atoms with Crippen molar-refractivity contribution in [2.24, 2.45) is 5.92 Å². The molecule has 5 heteroatoms. The molecule has 3 aromatic rings. The predicted octanol–water partition coefficient (Wildman–Crippen LogP) is 3.34. The van der Waals surface area contributed by atoms with Crippen molar-refractivity contribution in [3.8, 4) is 0 Å². The maximum atomic E-state index is 12.9. The molecule has 2 N–H and O–H groups in total. The van der Waals surface area contributed by atoms with Gasteiger partial charge in [-0.15, -0.1) is 0 Å². The number of aromatic nitrogens is 1. The van der Waals surface area contributed by atoms with Crippen molar-refractivity contribution in [2.45, 2.75) is 19.4 Å². The third-order valence-corrected chi connectivity index (χ3v) is 5.15. The highest BCUT2D eigenvalue weighted by molar-refractivity contribution is 5.98. The number of piperidine rings is 1. The van der Waals surface area contributed by atoms with E-state index in [9.17, 15) is 9.59 Å². The standard InChI is InChI=1S/C22H23N3O2/c26-21(23-14-16-7-2-1-3-8-16)18-10-6-12-25(15-18)22(27)20-13-17-9-4-5-11-19(17)24-20/h1-5,7-9,11,13,18,24H,6,10,12,14-15H2,(H,23,26)/t18-/m0/s1. The third kappa shape index (κ3) is 3.87. The summed E-state index contributed by atoms with van der Waals surface area (Å²) in [4.78, 5) is 30.4. The lowest BCUT2D eigenvalue weighted by Crippen LogP contribution is -2.45. The van der Waals surface area contributed by atoms with Gasteiger partial charge in [-0.2, -0.15) is 0 Å². The van der Waals surface area contributed by atoms with Gasteiger partial charge in [-0.1, -0.05) is 48.5 Å². The van der Waals surface area contributed by atoms with Crippen LogP contribution in [0.15, 0.2) is 60.7 Å². The molecule has 0 aliphatic carbocycles. The Balaban J connectivity index is 1.39. The molecule has 1 aromatic heterocycles. The second-order valence-corrected chi connectivity index (χ2v) is 7.06. The van der Waals surface area contributed by atoms with Gasteiger partial charge in [-0.25, -0.2) is 0 Å². The number of amides is 2. The third-order valence-electron chi connectivity index (χ3n) is 5.15. The fraction of sp³-hybridized carbons (Fsp3) is 0.273. The van der Waals surface area contributed by atoms with E-state index in [-0.39, 0.29) is 17.7 Å². The van der Waals surface area contributed by atoms with E-state index in [1.54, 1.807) is 4.90 Å². The quantitative estimate of drug-likeness (QED) is 0.749. The lowest BCUT2D eigenvalue weighted by molar-refractivity contribution is -0.126. The molecule has 0 saturated carbocycles. The monoisotopic (exact) mass is 361 g/mol. The Hall–Kier alpha value is -3.08. The summed E-state index contributed by atoms with van der Waals surface area (Å²) in [5, 5.41) is 4.03. The first-order valence-corrected chi connectivity index (χ1v) is 9.39. The maximum Gasteiger partial charge on any atom is 0.270 e. The maximum absolute atomic E-state index is 12.9. The Morgan fingerprint density at radius 2 is 1.85 bits per heavy atom. The minimum Gasteiger partial charge on any atom is -0.352 e. The summed E-state index contributed by atoms with van der Waals surface area (Å²) in [7, 11) is 0. The molecule has 1 aliphatic heterocycles. The zero-order valence-electron chi connectivity index (χ0n) is 15.2. The van der Waals surface area contributed by atoms with Crippen LogP contribution in [0.2, 0.25) is 0 Å². The molecule has 1 atom stereocenters. The van der Waals surface area contributed by atoms with E-state index in [1.165, 1.54) is 0 Å². The number of hydrogen-bond acceptors (Lipinski definition) is 2. The van der Waals surface area contributed by atoms with Gasteiger partial charge >= 0.3 is 0 Å². The summed E-state index contributed by atoms with van der Waals surface area (Å²) in [6.07, 6.45) is 1.66. The number of H-pyrrole nitrogens is 1. The van der Waals surface area contributed by atoms with Crippen molar-refractivity contribution in [2.75, 3.05) is 13.1 Å². The second kappa shape index (κ2) is 7.66. The smallest absolute Gasteiger partial charge is 0.270 e. The molecule has 2 amide bonds. The van der Waals surface area contributed by atoms with Gasteiger partial charge in [0.15, 0.2) is 0 Å². The number of benzene rings is 2. The largest absolute Gasteiger partial charge is 0.352 e. The van der Waals surface area contributed by atoms with Crippen LogP contribution in [0.25, 0.3) is 10.9 Å². The molecule has 0 spiro atoms. The fourth-order valence-corrected chi connectivity index (χ4v) is 3.66. The average Bonchev–Trinajstić information content (AvgIpc) is 3.16. The normalized spacial score (nSPS) is 17.0. The van der Waals surface area contributed by atoms with Crippen LogP contribution in [0.5, 0.6) is 0 Å². The lowest BCUT2D eigenvalue weighted by atomic mass is 9.96. The number of likely N-dealkylation sites (tertiary alicyclic amines) is 1. The predicted molar refractivity (Wildman–Crippen MR) is 105 cm³/mol.